The minimum absolute atomic E-state index is 0.242. The number of carboxylic acids is 1. The van der Waals surface area contributed by atoms with E-state index in [1.54, 1.807) is 6.07 Å². The normalized spacial score (nSPS) is 16.8. The average Bonchev–Trinajstić information content (AvgIpc) is 2.60. The van der Waals surface area contributed by atoms with Gasteiger partial charge < -0.3 is 10.0 Å². The molecule has 2 aromatic rings. The average molecular weight is 325 g/mol. The summed E-state index contributed by atoms with van der Waals surface area (Å²) in [5, 5.41) is 11.7. The van der Waals surface area contributed by atoms with Crippen LogP contribution in [0.2, 0.25) is 0 Å². The number of carbonyl (C=O) groups is 2. The maximum absolute atomic E-state index is 13.0. The van der Waals surface area contributed by atoms with E-state index in [1.165, 1.54) is 0 Å². The maximum atomic E-state index is 13.0. The van der Waals surface area contributed by atoms with Crippen molar-refractivity contribution in [2.75, 3.05) is 19.0 Å². The molecule has 0 bridgehead atoms. The lowest BCUT2D eigenvalue weighted by Crippen LogP contribution is -2.41. The molecule has 0 radical (unpaired) electrons. The fourth-order valence-electron chi connectivity index (χ4n) is 3.62. The fraction of sp³-hybridized carbons (Fsp3) is 0.400. The molecule has 1 aliphatic rings. The van der Waals surface area contributed by atoms with Crippen molar-refractivity contribution in [1.82, 2.24) is 0 Å². The summed E-state index contributed by atoms with van der Waals surface area (Å²) < 4.78 is 0. The molecule has 4 nitrogen and oxygen atoms in total. The first kappa shape index (κ1) is 16.5. The van der Waals surface area contributed by atoms with E-state index in [0.717, 1.165) is 35.7 Å². The number of benzene rings is 2. The molecule has 1 saturated carbocycles. The smallest absolute Gasteiger partial charge is 0.317 e. The molecule has 126 valence electrons. The van der Waals surface area contributed by atoms with Gasteiger partial charge in [-0.1, -0.05) is 37.5 Å². The van der Waals surface area contributed by atoms with E-state index in [2.05, 4.69) is 6.07 Å². The van der Waals surface area contributed by atoms with Gasteiger partial charge in [0.15, 0.2) is 5.78 Å². The minimum Gasteiger partial charge on any atom is -0.480 e. The highest BCUT2D eigenvalue weighted by atomic mass is 16.4. The maximum Gasteiger partial charge on any atom is 0.317 e. The molecule has 0 atom stereocenters. The van der Waals surface area contributed by atoms with Gasteiger partial charge in [0.2, 0.25) is 0 Å². The molecule has 1 N–H and O–H groups in total. The Morgan fingerprint density at radius 3 is 2.21 bits per heavy atom. The number of hydrogen-bond donors (Lipinski definition) is 1. The van der Waals surface area contributed by atoms with Gasteiger partial charge in [0.05, 0.1) is 0 Å². The monoisotopic (exact) mass is 325 g/mol. The van der Waals surface area contributed by atoms with Crippen molar-refractivity contribution in [3.05, 3.63) is 42.0 Å². The number of Topliss-reactive ketones (excluding diaryl/α,β-unsaturated/α-hetero) is 1. The molecule has 2 aromatic carbocycles. The Morgan fingerprint density at radius 1 is 0.958 bits per heavy atom. The first-order chi connectivity index (χ1) is 11.4. The Balaban J connectivity index is 2.00. The molecule has 24 heavy (non-hydrogen) atoms. The van der Waals surface area contributed by atoms with E-state index in [9.17, 15) is 14.7 Å². The van der Waals surface area contributed by atoms with Gasteiger partial charge in [-0.2, -0.15) is 0 Å². The van der Waals surface area contributed by atoms with Crippen molar-refractivity contribution in [3.8, 4) is 0 Å². The van der Waals surface area contributed by atoms with E-state index in [1.807, 2.05) is 43.3 Å². The van der Waals surface area contributed by atoms with Crippen molar-refractivity contribution in [1.29, 1.82) is 0 Å². The van der Waals surface area contributed by atoms with Crippen LogP contribution in [0, 0.1) is 5.41 Å². The van der Waals surface area contributed by atoms with Crippen LogP contribution in [0.15, 0.2) is 36.4 Å². The van der Waals surface area contributed by atoms with Gasteiger partial charge in [0.25, 0.3) is 0 Å². The first-order valence-corrected chi connectivity index (χ1v) is 8.43. The Kier molecular flexibility index (Phi) is 4.31. The Morgan fingerprint density at radius 2 is 1.58 bits per heavy atom. The summed E-state index contributed by atoms with van der Waals surface area (Å²) in [6.07, 6.45) is 3.50. The zero-order chi connectivity index (χ0) is 17.3. The number of carbonyl (C=O) groups excluding carboxylic acids is 1. The number of aliphatic carboxylic acids is 1. The summed E-state index contributed by atoms with van der Waals surface area (Å²) in [6, 6.07) is 11.6. The van der Waals surface area contributed by atoms with Crippen LogP contribution < -0.4 is 4.90 Å². The molecule has 0 aliphatic heterocycles. The molecule has 4 heteroatoms. The highest BCUT2D eigenvalue weighted by Gasteiger charge is 2.46. The number of fused-ring (bicyclic) bond motifs is 1. The number of anilines is 1. The summed E-state index contributed by atoms with van der Waals surface area (Å²) >= 11 is 0. The first-order valence-electron chi connectivity index (χ1n) is 8.43. The number of carboxylic acid groups (broad SMARTS) is 1. The van der Waals surface area contributed by atoms with Gasteiger partial charge >= 0.3 is 5.97 Å². The van der Waals surface area contributed by atoms with Crippen LogP contribution >= 0.6 is 0 Å². The SMILES string of the molecule is CN(C)c1ccc2cc(C(=O)C3(C(=O)O)CCCCC3)ccc2c1. The molecule has 0 heterocycles. The quantitative estimate of drug-likeness (QED) is 0.678. The van der Waals surface area contributed by atoms with Crippen molar-refractivity contribution < 1.29 is 14.7 Å². The van der Waals surface area contributed by atoms with Gasteiger partial charge in [-0.25, -0.2) is 0 Å². The molecule has 0 amide bonds. The Hall–Kier alpha value is -2.36. The summed E-state index contributed by atoms with van der Waals surface area (Å²) in [5.41, 5.74) is 0.357. The highest BCUT2D eigenvalue weighted by molar-refractivity contribution is 6.13. The molecule has 0 spiro atoms. The van der Waals surface area contributed by atoms with E-state index in [4.69, 9.17) is 0 Å². The minimum atomic E-state index is -1.24. The van der Waals surface area contributed by atoms with Gasteiger partial charge in [0.1, 0.15) is 5.41 Å². The summed E-state index contributed by atoms with van der Waals surface area (Å²) in [6.45, 7) is 0. The number of rotatable bonds is 4. The predicted molar refractivity (Wildman–Crippen MR) is 95.8 cm³/mol. The molecule has 0 aromatic heterocycles. The van der Waals surface area contributed by atoms with Gasteiger partial charge in [-0.3, -0.25) is 9.59 Å². The van der Waals surface area contributed by atoms with Crippen LogP contribution in [0.5, 0.6) is 0 Å². The third-order valence-corrected chi connectivity index (χ3v) is 5.15. The second kappa shape index (κ2) is 6.27. The van der Waals surface area contributed by atoms with Crippen molar-refractivity contribution in [3.63, 3.8) is 0 Å². The van der Waals surface area contributed by atoms with Crippen molar-refractivity contribution in [2.45, 2.75) is 32.1 Å². The largest absolute Gasteiger partial charge is 0.480 e. The topological polar surface area (TPSA) is 57.6 Å². The lowest BCUT2D eigenvalue weighted by Gasteiger charge is -2.31. The molecular formula is C20H23NO3. The second-order valence-corrected chi connectivity index (χ2v) is 6.92. The summed E-state index contributed by atoms with van der Waals surface area (Å²) in [4.78, 5) is 26.9. The molecule has 3 rings (SSSR count). The lowest BCUT2D eigenvalue weighted by molar-refractivity contribution is -0.147. The molecule has 0 saturated heterocycles. The Bertz CT molecular complexity index is 789. The van der Waals surface area contributed by atoms with E-state index in [0.29, 0.717) is 18.4 Å². The molecule has 1 aliphatic carbocycles. The number of ketones is 1. The van der Waals surface area contributed by atoms with Crippen LogP contribution in [0.25, 0.3) is 10.8 Å². The van der Waals surface area contributed by atoms with E-state index >= 15 is 0 Å². The zero-order valence-electron chi connectivity index (χ0n) is 14.2. The van der Waals surface area contributed by atoms with Crippen LogP contribution in [-0.4, -0.2) is 31.0 Å². The highest BCUT2D eigenvalue weighted by Crippen LogP contribution is 2.40. The van der Waals surface area contributed by atoms with Gasteiger partial charge in [-0.15, -0.1) is 0 Å². The van der Waals surface area contributed by atoms with Crippen LogP contribution in [0.1, 0.15) is 42.5 Å². The molecule has 1 fully saturated rings. The van der Waals surface area contributed by atoms with E-state index in [-0.39, 0.29) is 5.78 Å². The van der Waals surface area contributed by atoms with Crippen LogP contribution in [-0.2, 0) is 4.79 Å². The van der Waals surface area contributed by atoms with Crippen LogP contribution in [0.3, 0.4) is 0 Å². The number of nitrogens with zero attached hydrogens (tertiary/aromatic N) is 1. The van der Waals surface area contributed by atoms with Crippen molar-refractivity contribution >= 4 is 28.2 Å². The van der Waals surface area contributed by atoms with Crippen LogP contribution in [0.4, 0.5) is 5.69 Å². The van der Waals surface area contributed by atoms with Gasteiger partial charge in [-0.05, 0) is 41.8 Å². The van der Waals surface area contributed by atoms with E-state index < -0.39 is 11.4 Å². The summed E-state index contributed by atoms with van der Waals surface area (Å²) in [5.74, 6) is -1.22. The third kappa shape index (κ3) is 2.77. The van der Waals surface area contributed by atoms with Crippen molar-refractivity contribution in [2.24, 2.45) is 5.41 Å². The summed E-state index contributed by atoms with van der Waals surface area (Å²) in [7, 11) is 3.97. The molecular weight excluding hydrogens is 302 g/mol. The Labute approximate surface area is 142 Å². The van der Waals surface area contributed by atoms with Gasteiger partial charge in [0, 0.05) is 25.3 Å². The standard InChI is InChI=1S/C20H23NO3/c1-21(2)17-9-8-14-12-16(7-6-15(14)13-17)18(22)20(19(23)24)10-4-3-5-11-20/h6-9,12-13H,3-5,10-11H2,1-2H3,(H,23,24). The lowest BCUT2D eigenvalue weighted by atomic mass is 9.69. The number of hydrogen-bond acceptors (Lipinski definition) is 3. The predicted octanol–water partition coefficient (Wildman–Crippen LogP) is 4.12. The second-order valence-electron chi connectivity index (χ2n) is 6.92. The fourth-order valence-corrected chi connectivity index (χ4v) is 3.62. The molecule has 0 unspecified atom stereocenters. The zero-order valence-corrected chi connectivity index (χ0v) is 14.2. The third-order valence-electron chi connectivity index (χ3n) is 5.15.